The molecule has 0 saturated heterocycles. The number of hydrogen-bond acceptors (Lipinski definition) is 2. The van der Waals surface area contributed by atoms with Crippen molar-refractivity contribution in [1.82, 2.24) is 10.3 Å². The highest BCUT2D eigenvalue weighted by atomic mass is 14.9. The van der Waals surface area contributed by atoms with E-state index < -0.39 is 0 Å². The summed E-state index contributed by atoms with van der Waals surface area (Å²) in [6.45, 7) is 2.19. The highest BCUT2D eigenvalue weighted by molar-refractivity contribution is 5.22. The second kappa shape index (κ2) is 4.31. The average molecular weight is 256 g/mol. The molecule has 2 nitrogen and oxygen atoms in total. The number of nitrogens with zero attached hydrogens (tertiary/aromatic N) is 1. The Balaban J connectivity index is 1.50. The van der Waals surface area contributed by atoms with E-state index in [9.17, 15) is 0 Å². The Morgan fingerprint density at radius 3 is 2.68 bits per heavy atom. The summed E-state index contributed by atoms with van der Waals surface area (Å²) in [7, 11) is 2.14. The van der Waals surface area contributed by atoms with Crippen molar-refractivity contribution in [3.8, 4) is 0 Å². The molecule has 102 valence electrons. The van der Waals surface area contributed by atoms with E-state index in [0.717, 1.165) is 36.0 Å². The molecule has 3 aliphatic rings. The molecule has 3 saturated carbocycles. The van der Waals surface area contributed by atoms with Crippen LogP contribution in [0, 0.1) is 36.5 Å². The maximum atomic E-state index is 4.58. The number of likely N-dealkylation sites (N-methyl/N-ethyl adjacent to an activating group) is 1. The van der Waals surface area contributed by atoms with Crippen LogP contribution >= 0.6 is 0 Å². The van der Waals surface area contributed by atoms with Gasteiger partial charge in [-0.2, -0.15) is 0 Å². The van der Waals surface area contributed by atoms with Crippen LogP contribution in [0.3, 0.4) is 0 Å². The monoisotopic (exact) mass is 256 g/mol. The fraction of sp³-hybridized carbons (Fsp3) is 0.706. The topological polar surface area (TPSA) is 24.9 Å². The molecule has 1 N–H and O–H groups in total. The quantitative estimate of drug-likeness (QED) is 0.896. The lowest BCUT2D eigenvalue weighted by Gasteiger charge is -2.20. The van der Waals surface area contributed by atoms with Crippen molar-refractivity contribution in [2.45, 2.75) is 38.6 Å². The lowest BCUT2D eigenvalue weighted by molar-refractivity contribution is 0.374. The molecule has 3 aliphatic carbocycles. The predicted molar refractivity (Wildman–Crippen MR) is 76.8 cm³/mol. The maximum Gasteiger partial charge on any atom is 0.0448 e. The van der Waals surface area contributed by atoms with E-state index in [1.54, 1.807) is 6.42 Å². The van der Waals surface area contributed by atoms with Crippen molar-refractivity contribution in [1.29, 1.82) is 0 Å². The van der Waals surface area contributed by atoms with Crippen LogP contribution in [0.4, 0.5) is 0 Å². The molecule has 0 aromatic carbocycles. The van der Waals surface area contributed by atoms with Crippen molar-refractivity contribution < 1.29 is 0 Å². The fourth-order valence-corrected chi connectivity index (χ4v) is 5.30. The number of fused-ring (bicyclic) bond motifs is 5. The summed E-state index contributed by atoms with van der Waals surface area (Å²) in [5.41, 5.74) is 2.63. The molecule has 5 unspecified atom stereocenters. The van der Waals surface area contributed by atoms with Crippen molar-refractivity contribution in [2.75, 3.05) is 7.05 Å². The van der Waals surface area contributed by atoms with E-state index in [0.29, 0.717) is 6.04 Å². The molecule has 2 heteroatoms. The van der Waals surface area contributed by atoms with Gasteiger partial charge in [-0.15, -0.1) is 0 Å². The van der Waals surface area contributed by atoms with E-state index in [2.05, 4.69) is 30.3 Å². The number of aromatic nitrogens is 1. The van der Waals surface area contributed by atoms with Gasteiger partial charge >= 0.3 is 0 Å². The van der Waals surface area contributed by atoms with Gasteiger partial charge in [-0.25, -0.2) is 0 Å². The van der Waals surface area contributed by atoms with Crippen LogP contribution in [-0.4, -0.2) is 18.1 Å². The third kappa shape index (κ3) is 1.76. The lowest BCUT2D eigenvalue weighted by atomic mass is 9.94. The van der Waals surface area contributed by atoms with E-state index in [1.807, 2.05) is 12.3 Å². The molecule has 4 rings (SSSR count). The van der Waals surface area contributed by atoms with Gasteiger partial charge < -0.3 is 5.32 Å². The highest BCUT2D eigenvalue weighted by Gasteiger charge is 2.66. The van der Waals surface area contributed by atoms with Crippen molar-refractivity contribution >= 4 is 0 Å². The molecular formula is C17H24N2. The molecule has 1 aromatic rings. The minimum atomic E-state index is 0.645. The van der Waals surface area contributed by atoms with E-state index in [1.165, 1.54) is 24.1 Å². The van der Waals surface area contributed by atoms with Gasteiger partial charge in [0.2, 0.25) is 0 Å². The summed E-state index contributed by atoms with van der Waals surface area (Å²) >= 11 is 0. The zero-order valence-corrected chi connectivity index (χ0v) is 12.0. The number of hydrogen-bond donors (Lipinski definition) is 1. The molecule has 2 bridgehead atoms. The van der Waals surface area contributed by atoms with Crippen LogP contribution in [-0.2, 0) is 6.42 Å². The zero-order valence-electron chi connectivity index (χ0n) is 12.0. The first-order chi connectivity index (χ1) is 9.29. The Bertz CT molecular complexity index is 468. The summed E-state index contributed by atoms with van der Waals surface area (Å²) in [5, 5.41) is 3.60. The molecule has 0 spiro atoms. The molecule has 0 radical (unpaired) electrons. The van der Waals surface area contributed by atoms with Gasteiger partial charge in [0.1, 0.15) is 0 Å². The molecule has 3 fully saturated rings. The van der Waals surface area contributed by atoms with Crippen LogP contribution in [0.15, 0.2) is 18.3 Å². The third-order valence-electron chi connectivity index (χ3n) is 6.16. The van der Waals surface area contributed by atoms with Crippen molar-refractivity contribution in [3.63, 3.8) is 0 Å². The fourth-order valence-electron chi connectivity index (χ4n) is 5.30. The highest BCUT2D eigenvalue weighted by Crippen LogP contribution is 2.70. The minimum Gasteiger partial charge on any atom is -0.316 e. The van der Waals surface area contributed by atoms with Crippen molar-refractivity contribution in [3.05, 3.63) is 29.6 Å². The van der Waals surface area contributed by atoms with E-state index >= 15 is 0 Å². The number of aryl methyl sites for hydroxylation is 1. The van der Waals surface area contributed by atoms with Gasteiger partial charge in [0.15, 0.2) is 0 Å². The normalized spacial score (nSPS) is 40.2. The van der Waals surface area contributed by atoms with Crippen molar-refractivity contribution in [2.24, 2.45) is 29.6 Å². The Morgan fingerprint density at radius 2 is 2.05 bits per heavy atom. The Morgan fingerprint density at radius 1 is 1.32 bits per heavy atom. The number of pyridine rings is 1. The molecule has 5 atom stereocenters. The molecule has 0 aliphatic heterocycles. The predicted octanol–water partition coefficient (Wildman–Crippen LogP) is 2.81. The molecular weight excluding hydrogens is 232 g/mol. The first-order valence-corrected chi connectivity index (χ1v) is 7.87. The average Bonchev–Trinajstić information content (AvgIpc) is 2.85. The van der Waals surface area contributed by atoms with Crippen LogP contribution in [0.1, 0.15) is 30.5 Å². The second-order valence-electron chi connectivity index (χ2n) is 6.93. The third-order valence-corrected chi connectivity index (χ3v) is 6.16. The van der Waals surface area contributed by atoms with Crippen LogP contribution in [0.5, 0.6) is 0 Å². The van der Waals surface area contributed by atoms with E-state index in [4.69, 9.17) is 0 Å². The molecule has 1 aromatic heterocycles. The van der Waals surface area contributed by atoms with Gasteiger partial charge in [-0.3, -0.25) is 4.98 Å². The number of rotatable bonds is 4. The molecule has 1 heterocycles. The zero-order chi connectivity index (χ0) is 13.0. The molecule has 0 amide bonds. The first kappa shape index (κ1) is 11.9. The number of nitrogens with one attached hydrogen (secondary N) is 1. The van der Waals surface area contributed by atoms with Crippen LogP contribution in [0.2, 0.25) is 0 Å². The Hall–Kier alpha value is -0.890. The first-order valence-electron chi connectivity index (χ1n) is 7.87. The summed E-state index contributed by atoms with van der Waals surface area (Å²) < 4.78 is 0. The lowest BCUT2D eigenvalue weighted by Crippen LogP contribution is -2.33. The van der Waals surface area contributed by atoms with Crippen LogP contribution < -0.4 is 5.32 Å². The standard InChI is InChI=1S/C17H24N2/c1-10-4-3-7-19-13(10)9-14(18-2)17-15-11-5-6-12(8-11)16(15)17/h3-4,7,11-12,14-18H,5-6,8-9H2,1-2H3. The summed E-state index contributed by atoms with van der Waals surface area (Å²) in [6.07, 6.45) is 7.63. The maximum absolute atomic E-state index is 4.58. The largest absolute Gasteiger partial charge is 0.316 e. The summed E-state index contributed by atoms with van der Waals surface area (Å²) in [4.78, 5) is 4.58. The van der Waals surface area contributed by atoms with Gasteiger partial charge in [0.25, 0.3) is 0 Å². The van der Waals surface area contributed by atoms with Gasteiger partial charge in [0, 0.05) is 24.4 Å². The Labute approximate surface area is 116 Å². The SMILES string of the molecule is CNC(Cc1ncccc1C)C1C2C3CCC(C3)C21. The van der Waals surface area contributed by atoms with Gasteiger partial charge in [-0.1, -0.05) is 6.07 Å². The summed E-state index contributed by atoms with van der Waals surface area (Å²) in [6, 6.07) is 4.87. The minimum absolute atomic E-state index is 0.645. The van der Waals surface area contributed by atoms with Gasteiger partial charge in [-0.05, 0) is 74.5 Å². The summed E-state index contributed by atoms with van der Waals surface area (Å²) in [5.74, 6) is 5.19. The molecule has 19 heavy (non-hydrogen) atoms. The second-order valence-corrected chi connectivity index (χ2v) is 6.93. The van der Waals surface area contributed by atoms with Gasteiger partial charge in [0.05, 0.1) is 0 Å². The van der Waals surface area contributed by atoms with E-state index in [-0.39, 0.29) is 0 Å². The smallest absolute Gasteiger partial charge is 0.0448 e. The Kier molecular flexibility index (Phi) is 2.70. The van der Waals surface area contributed by atoms with Crippen LogP contribution in [0.25, 0.3) is 0 Å².